The average molecular weight is 366 g/mol. The lowest BCUT2D eigenvalue weighted by atomic mass is 9.91. The topological polar surface area (TPSA) is 40.5 Å². The van der Waals surface area contributed by atoms with Crippen molar-refractivity contribution in [2.24, 2.45) is 0 Å². The summed E-state index contributed by atoms with van der Waals surface area (Å²) in [5.41, 5.74) is 1.87. The maximum atomic E-state index is 11.7. The molecule has 0 saturated carbocycles. The molecule has 2 unspecified atom stereocenters. The number of halogens is 1. The first-order valence-electron chi connectivity index (χ1n) is 8.86. The maximum absolute atomic E-state index is 11.7. The molecule has 4 heteroatoms. The molecule has 1 saturated heterocycles. The van der Waals surface area contributed by atoms with E-state index in [-0.39, 0.29) is 17.8 Å². The van der Waals surface area contributed by atoms with Crippen LogP contribution in [0.5, 0.6) is 5.75 Å². The Bertz CT molecular complexity index is 939. The first-order chi connectivity index (χ1) is 12.7. The Balaban J connectivity index is 1.95. The second-order valence-corrected chi connectivity index (χ2v) is 7.19. The van der Waals surface area contributed by atoms with Crippen molar-refractivity contribution in [2.45, 2.75) is 24.9 Å². The van der Waals surface area contributed by atoms with Gasteiger partial charge in [0.2, 0.25) is 0 Å². The van der Waals surface area contributed by atoms with Crippen LogP contribution in [0.4, 0.5) is 0 Å². The Hall–Kier alpha value is -2.36. The van der Waals surface area contributed by atoms with Gasteiger partial charge >= 0.3 is 0 Å². The molecule has 0 bridgehead atoms. The van der Waals surface area contributed by atoms with Crippen LogP contribution in [-0.4, -0.2) is 28.9 Å². The van der Waals surface area contributed by atoms with Crippen LogP contribution in [0.15, 0.2) is 60.7 Å². The Morgan fingerprint density at radius 1 is 1.08 bits per heavy atom. The third kappa shape index (κ3) is 2.98. The van der Waals surface area contributed by atoms with E-state index in [0.717, 1.165) is 47.6 Å². The highest BCUT2D eigenvalue weighted by Crippen LogP contribution is 2.42. The van der Waals surface area contributed by atoms with E-state index in [1.165, 1.54) is 0 Å². The number of rotatable bonds is 4. The summed E-state index contributed by atoms with van der Waals surface area (Å²) in [5.74, 6) is 0.250. The van der Waals surface area contributed by atoms with Crippen molar-refractivity contribution in [3.63, 3.8) is 0 Å². The zero-order valence-corrected chi connectivity index (χ0v) is 15.1. The molecule has 0 radical (unpaired) electrons. The smallest absolute Gasteiger partial charge is 0.137 e. The number of aldehydes is 1. The highest BCUT2D eigenvalue weighted by molar-refractivity contribution is 6.30. The summed E-state index contributed by atoms with van der Waals surface area (Å²) in [6.07, 6.45) is 2.84. The minimum Gasteiger partial charge on any atom is -0.508 e. The van der Waals surface area contributed by atoms with Crippen LogP contribution in [0.3, 0.4) is 0 Å². The predicted octanol–water partition coefficient (Wildman–Crippen LogP) is 4.95. The number of phenolic OH excluding ortho intramolecular Hbond substituents is 1. The van der Waals surface area contributed by atoms with Crippen LogP contribution in [0.25, 0.3) is 10.8 Å². The molecule has 2 atom stereocenters. The Morgan fingerprint density at radius 3 is 2.62 bits per heavy atom. The molecule has 3 aromatic rings. The van der Waals surface area contributed by atoms with Gasteiger partial charge in [0.1, 0.15) is 12.0 Å². The normalized spacial score (nSPS) is 18.9. The van der Waals surface area contributed by atoms with Crippen molar-refractivity contribution in [2.75, 3.05) is 6.54 Å². The number of carbonyl (C=O) groups excluding carboxylic acids is 1. The number of carbonyl (C=O) groups is 1. The SMILES string of the molecule is O=CC1CCCN1C(c1ccc(Cl)cc1)c1c(O)ccc2ccccc12. The molecule has 3 nitrogen and oxygen atoms in total. The van der Waals surface area contributed by atoms with Gasteiger partial charge in [-0.05, 0) is 53.9 Å². The van der Waals surface area contributed by atoms with Gasteiger partial charge in [-0.2, -0.15) is 0 Å². The Kier molecular flexibility index (Phi) is 4.66. The quantitative estimate of drug-likeness (QED) is 0.665. The molecule has 1 aliphatic heterocycles. The van der Waals surface area contributed by atoms with Gasteiger partial charge in [-0.15, -0.1) is 0 Å². The van der Waals surface area contributed by atoms with Crippen LogP contribution < -0.4 is 0 Å². The standard InChI is InChI=1S/C22H20ClNO2/c23-17-10-7-16(8-11-17)22(24-13-3-5-18(24)14-25)21-19-6-2-1-4-15(19)9-12-20(21)26/h1-2,4,6-12,14,18,22,26H,3,5,13H2. The van der Waals surface area contributed by atoms with Crippen LogP contribution in [0.1, 0.15) is 30.0 Å². The van der Waals surface area contributed by atoms with Crippen molar-refractivity contribution >= 4 is 28.7 Å². The predicted molar refractivity (Wildman–Crippen MR) is 105 cm³/mol. The molecule has 132 valence electrons. The van der Waals surface area contributed by atoms with Gasteiger partial charge in [0.15, 0.2) is 0 Å². The molecule has 1 fully saturated rings. The van der Waals surface area contributed by atoms with Crippen molar-refractivity contribution in [1.82, 2.24) is 4.90 Å². The number of nitrogens with zero attached hydrogens (tertiary/aromatic N) is 1. The van der Waals surface area contributed by atoms with Crippen molar-refractivity contribution in [3.8, 4) is 5.75 Å². The van der Waals surface area contributed by atoms with E-state index < -0.39 is 0 Å². The van der Waals surface area contributed by atoms with E-state index in [1.54, 1.807) is 6.07 Å². The molecular formula is C22H20ClNO2. The molecule has 4 rings (SSSR count). The summed E-state index contributed by atoms with van der Waals surface area (Å²) < 4.78 is 0. The summed E-state index contributed by atoms with van der Waals surface area (Å²) in [4.78, 5) is 13.9. The molecule has 0 aromatic heterocycles. The minimum atomic E-state index is -0.198. The highest BCUT2D eigenvalue weighted by atomic mass is 35.5. The van der Waals surface area contributed by atoms with Crippen LogP contribution in [0.2, 0.25) is 5.02 Å². The minimum absolute atomic E-state index is 0.144. The van der Waals surface area contributed by atoms with E-state index in [0.29, 0.717) is 5.02 Å². The first-order valence-corrected chi connectivity index (χ1v) is 9.24. The molecular weight excluding hydrogens is 346 g/mol. The van der Waals surface area contributed by atoms with E-state index in [9.17, 15) is 9.90 Å². The van der Waals surface area contributed by atoms with E-state index in [4.69, 9.17) is 11.6 Å². The van der Waals surface area contributed by atoms with Crippen LogP contribution in [-0.2, 0) is 4.79 Å². The number of hydrogen-bond donors (Lipinski definition) is 1. The fraction of sp³-hybridized carbons (Fsp3) is 0.227. The van der Waals surface area contributed by atoms with E-state index in [1.807, 2.05) is 54.6 Å². The molecule has 0 aliphatic carbocycles. The number of benzene rings is 3. The molecule has 1 heterocycles. The van der Waals surface area contributed by atoms with Gasteiger partial charge in [-0.3, -0.25) is 4.90 Å². The molecule has 26 heavy (non-hydrogen) atoms. The van der Waals surface area contributed by atoms with Crippen molar-refractivity contribution < 1.29 is 9.90 Å². The van der Waals surface area contributed by atoms with Gasteiger partial charge in [0.05, 0.1) is 12.1 Å². The van der Waals surface area contributed by atoms with Crippen LogP contribution in [0, 0.1) is 0 Å². The maximum Gasteiger partial charge on any atom is 0.137 e. The highest BCUT2D eigenvalue weighted by Gasteiger charge is 2.34. The second-order valence-electron chi connectivity index (χ2n) is 6.76. The van der Waals surface area contributed by atoms with Gasteiger partial charge < -0.3 is 9.90 Å². The second kappa shape index (κ2) is 7.10. The first kappa shape index (κ1) is 17.1. The van der Waals surface area contributed by atoms with E-state index >= 15 is 0 Å². The van der Waals surface area contributed by atoms with Crippen molar-refractivity contribution in [1.29, 1.82) is 0 Å². The number of likely N-dealkylation sites (tertiary alicyclic amines) is 1. The summed E-state index contributed by atoms with van der Waals surface area (Å²) in [6, 6.07) is 19.0. The summed E-state index contributed by atoms with van der Waals surface area (Å²) in [5, 5.41) is 13.5. The number of hydrogen-bond acceptors (Lipinski definition) is 3. The van der Waals surface area contributed by atoms with Crippen LogP contribution >= 0.6 is 11.6 Å². The van der Waals surface area contributed by atoms with E-state index in [2.05, 4.69) is 4.90 Å². The molecule has 1 aliphatic rings. The number of phenols is 1. The third-order valence-electron chi connectivity index (χ3n) is 5.24. The molecule has 0 spiro atoms. The lowest BCUT2D eigenvalue weighted by molar-refractivity contribution is -0.112. The van der Waals surface area contributed by atoms with Gasteiger partial charge in [0, 0.05) is 10.6 Å². The summed E-state index contributed by atoms with van der Waals surface area (Å²) >= 11 is 6.09. The summed E-state index contributed by atoms with van der Waals surface area (Å²) in [6.45, 7) is 0.819. The Morgan fingerprint density at radius 2 is 1.85 bits per heavy atom. The zero-order chi connectivity index (χ0) is 18.1. The summed E-state index contributed by atoms with van der Waals surface area (Å²) in [7, 11) is 0. The number of fused-ring (bicyclic) bond motifs is 1. The molecule has 0 amide bonds. The van der Waals surface area contributed by atoms with Gasteiger partial charge in [-0.1, -0.05) is 54.1 Å². The largest absolute Gasteiger partial charge is 0.508 e. The average Bonchev–Trinajstić information content (AvgIpc) is 3.13. The Labute approximate surface area is 157 Å². The monoisotopic (exact) mass is 365 g/mol. The lowest BCUT2D eigenvalue weighted by Gasteiger charge is -2.32. The molecule has 1 N–H and O–H groups in total. The van der Waals surface area contributed by atoms with Crippen molar-refractivity contribution in [3.05, 3.63) is 76.8 Å². The lowest BCUT2D eigenvalue weighted by Crippen LogP contribution is -2.35. The van der Waals surface area contributed by atoms with Gasteiger partial charge in [0.25, 0.3) is 0 Å². The molecule has 3 aromatic carbocycles. The fourth-order valence-corrected chi connectivity index (χ4v) is 4.15. The third-order valence-corrected chi connectivity index (χ3v) is 5.49. The van der Waals surface area contributed by atoms with Gasteiger partial charge in [-0.25, -0.2) is 0 Å². The zero-order valence-electron chi connectivity index (χ0n) is 14.3. The fourth-order valence-electron chi connectivity index (χ4n) is 4.02. The number of aromatic hydroxyl groups is 1.